The van der Waals surface area contributed by atoms with Gasteiger partial charge in [-0.25, -0.2) is 0 Å². The topological polar surface area (TPSA) is 67.5 Å². The molecule has 1 heterocycles. The van der Waals surface area contributed by atoms with Crippen molar-refractivity contribution >= 4 is 0 Å². The molecule has 18 heavy (non-hydrogen) atoms. The number of hydrogen-bond donors (Lipinski definition) is 2. The Labute approximate surface area is 109 Å². The SMILES string of the molecule is CC(C)CCCOCC(O)CNCc1ccno1. The van der Waals surface area contributed by atoms with E-state index in [-0.39, 0.29) is 0 Å². The second-order valence-corrected chi connectivity index (χ2v) is 4.87. The molecular weight excluding hydrogens is 232 g/mol. The molecule has 0 fully saturated rings. The van der Waals surface area contributed by atoms with Crippen molar-refractivity contribution in [3.8, 4) is 0 Å². The first-order chi connectivity index (χ1) is 8.68. The van der Waals surface area contributed by atoms with E-state index in [1.807, 2.05) is 0 Å². The summed E-state index contributed by atoms with van der Waals surface area (Å²) < 4.78 is 10.3. The normalized spacial score (nSPS) is 13.1. The van der Waals surface area contributed by atoms with Crippen molar-refractivity contribution in [3.05, 3.63) is 18.0 Å². The first kappa shape index (κ1) is 15.1. The molecule has 5 heteroatoms. The zero-order valence-corrected chi connectivity index (χ0v) is 11.3. The molecule has 0 aromatic carbocycles. The zero-order chi connectivity index (χ0) is 13.2. The number of aliphatic hydroxyl groups is 1. The van der Waals surface area contributed by atoms with Crippen LogP contribution in [0.25, 0.3) is 0 Å². The fraction of sp³-hybridized carbons (Fsp3) is 0.769. The molecule has 104 valence electrons. The average Bonchev–Trinajstić information content (AvgIpc) is 2.81. The maximum atomic E-state index is 9.65. The van der Waals surface area contributed by atoms with Gasteiger partial charge in [0.1, 0.15) is 5.76 Å². The van der Waals surface area contributed by atoms with Gasteiger partial charge >= 0.3 is 0 Å². The maximum Gasteiger partial charge on any atom is 0.150 e. The molecular formula is C13H24N2O3. The molecule has 0 spiro atoms. The van der Waals surface area contributed by atoms with E-state index >= 15 is 0 Å². The fourth-order valence-corrected chi connectivity index (χ4v) is 1.57. The molecule has 0 amide bonds. The highest BCUT2D eigenvalue weighted by Gasteiger charge is 2.05. The summed E-state index contributed by atoms with van der Waals surface area (Å²) in [5.74, 6) is 1.47. The minimum atomic E-state index is -0.480. The Hall–Kier alpha value is -0.910. The van der Waals surface area contributed by atoms with Gasteiger partial charge in [0.25, 0.3) is 0 Å². The van der Waals surface area contributed by atoms with Gasteiger partial charge in [-0.1, -0.05) is 19.0 Å². The van der Waals surface area contributed by atoms with E-state index in [9.17, 15) is 5.11 Å². The molecule has 0 aliphatic carbocycles. The number of nitrogens with one attached hydrogen (secondary N) is 1. The second kappa shape index (κ2) is 9.08. The first-order valence-electron chi connectivity index (χ1n) is 6.54. The van der Waals surface area contributed by atoms with Gasteiger partial charge in [0.05, 0.1) is 25.5 Å². The van der Waals surface area contributed by atoms with Crippen LogP contribution in [0.2, 0.25) is 0 Å². The molecule has 0 aliphatic rings. The Morgan fingerprint density at radius 2 is 2.33 bits per heavy atom. The van der Waals surface area contributed by atoms with Crippen molar-refractivity contribution in [2.24, 2.45) is 5.92 Å². The van der Waals surface area contributed by atoms with Crippen molar-refractivity contribution in [3.63, 3.8) is 0 Å². The van der Waals surface area contributed by atoms with Crippen LogP contribution >= 0.6 is 0 Å². The van der Waals surface area contributed by atoms with Crippen molar-refractivity contribution in [1.82, 2.24) is 10.5 Å². The predicted molar refractivity (Wildman–Crippen MR) is 69.1 cm³/mol. The minimum Gasteiger partial charge on any atom is -0.389 e. The largest absolute Gasteiger partial charge is 0.389 e. The van der Waals surface area contributed by atoms with Crippen LogP contribution in [0.5, 0.6) is 0 Å². The number of ether oxygens (including phenoxy) is 1. The van der Waals surface area contributed by atoms with Crippen molar-refractivity contribution in [1.29, 1.82) is 0 Å². The Balaban J connectivity index is 1.92. The van der Waals surface area contributed by atoms with Crippen molar-refractivity contribution < 1.29 is 14.4 Å². The quantitative estimate of drug-likeness (QED) is 0.622. The van der Waals surface area contributed by atoms with Crippen LogP contribution < -0.4 is 5.32 Å². The third-order valence-electron chi connectivity index (χ3n) is 2.55. The molecule has 0 aliphatic heterocycles. The molecule has 1 aromatic heterocycles. The van der Waals surface area contributed by atoms with Crippen LogP contribution in [0.4, 0.5) is 0 Å². The molecule has 0 saturated carbocycles. The first-order valence-corrected chi connectivity index (χ1v) is 6.54. The summed E-state index contributed by atoms with van der Waals surface area (Å²) in [6, 6.07) is 1.79. The number of rotatable bonds is 10. The molecule has 1 atom stereocenters. The predicted octanol–water partition coefficient (Wildman–Crippen LogP) is 1.58. The summed E-state index contributed by atoms with van der Waals surface area (Å²) in [5.41, 5.74) is 0. The van der Waals surface area contributed by atoms with Crippen LogP contribution in [0.1, 0.15) is 32.4 Å². The lowest BCUT2D eigenvalue weighted by molar-refractivity contribution is 0.0344. The minimum absolute atomic E-state index is 0.376. The molecule has 1 aromatic rings. The van der Waals surface area contributed by atoms with Crippen molar-refractivity contribution in [2.45, 2.75) is 39.3 Å². The lowest BCUT2D eigenvalue weighted by Gasteiger charge is -2.12. The van der Waals surface area contributed by atoms with Gasteiger partial charge in [-0.3, -0.25) is 0 Å². The van der Waals surface area contributed by atoms with Crippen LogP contribution in [0, 0.1) is 5.92 Å². The second-order valence-electron chi connectivity index (χ2n) is 4.87. The van der Waals surface area contributed by atoms with Gasteiger partial charge in [0.15, 0.2) is 0 Å². The van der Waals surface area contributed by atoms with E-state index < -0.39 is 6.10 Å². The van der Waals surface area contributed by atoms with Gasteiger partial charge in [0.2, 0.25) is 0 Å². The smallest absolute Gasteiger partial charge is 0.150 e. The average molecular weight is 256 g/mol. The van der Waals surface area contributed by atoms with Crippen LogP contribution in [0.15, 0.2) is 16.8 Å². The van der Waals surface area contributed by atoms with Gasteiger partial charge in [-0.05, 0) is 18.8 Å². The van der Waals surface area contributed by atoms with Crippen LogP contribution in [-0.4, -0.2) is 36.1 Å². The summed E-state index contributed by atoms with van der Waals surface area (Å²) in [6.07, 6.45) is 3.34. The monoisotopic (exact) mass is 256 g/mol. The summed E-state index contributed by atoms with van der Waals surface area (Å²) in [6.45, 7) is 6.55. The summed E-state index contributed by atoms with van der Waals surface area (Å²) in [5, 5.41) is 16.3. The Morgan fingerprint density at radius 3 is 3.00 bits per heavy atom. The van der Waals surface area contributed by atoms with Crippen molar-refractivity contribution in [2.75, 3.05) is 19.8 Å². The lowest BCUT2D eigenvalue weighted by atomic mass is 10.1. The molecule has 5 nitrogen and oxygen atoms in total. The molecule has 0 radical (unpaired) electrons. The Bertz CT molecular complexity index is 288. The molecule has 0 saturated heterocycles. The van der Waals surface area contributed by atoms with Gasteiger partial charge in [-0.2, -0.15) is 0 Å². The molecule has 1 unspecified atom stereocenters. The summed E-state index contributed by atoms with van der Waals surface area (Å²) in [7, 11) is 0. The van der Waals surface area contributed by atoms with E-state index in [4.69, 9.17) is 9.26 Å². The molecule has 2 N–H and O–H groups in total. The van der Waals surface area contributed by atoms with E-state index in [1.165, 1.54) is 6.42 Å². The summed E-state index contributed by atoms with van der Waals surface area (Å²) in [4.78, 5) is 0. The third kappa shape index (κ3) is 7.42. The highest BCUT2D eigenvalue weighted by molar-refractivity contribution is 4.91. The van der Waals surface area contributed by atoms with Crippen LogP contribution in [0.3, 0.4) is 0 Å². The number of aromatic nitrogens is 1. The number of aliphatic hydroxyl groups excluding tert-OH is 1. The lowest BCUT2D eigenvalue weighted by Crippen LogP contribution is -2.30. The Morgan fingerprint density at radius 1 is 1.50 bits per heavy atom. The van der Waals surface area contributed by atoms with E-state index in [0.717, 1.165) is 18.8 Å². The maximum absolute atomic E-state index is 9.65. The molecule has 0 bridgehead atoms. The van der Waals surface area contributed by atoms with Gasteiger partial charge < -0.3 is 19.7 Å². The Kier molecular flexibility index (Phi) is 7.64. The third-order valence-corrected chi connectivity index (χ3v) is 2.55. The number of hydrogen-bond acceptors (Lipinski definition) is 5. The molecule has 1 rings (SSSR count). The zero-order valence-electron chi connectivity index (χ0n) is 11.3. The fourth-order valence-electron chi connectivity index (χ4n) is 1.57. The van der Waals surface area contributed by atoms with E-state index in [0.29, 0.717) is 25.6 Å². The van der Waals surface area contributed by atoms with E-state index in [1.54, 1.807) is 12.3 Å². The highest BCUT2D eigenvalue weighted by Crippen LogP contribution is 2.03. The van der Waals surface area contributed by atoms with Crippen LogP contribution in [-0.2, 0) is 11.3 Å². The van der Waals surface area contributed by atoms with Gasteiger partial charge in [0, 0.05) is 19.2 Å². The standard InChI is InChI=1S/C13H24N2O3/c1-11(2)4-3-7-17-10-12(16)8-14-9-13-5-6-15-18-13/h5-6,11-12,14,16H,3-4,7-10H2,1-2H3. The number of nitrogens with zero attached hydrogens (tertiary/aromatic N) is 1. The summed E-state index contributed by atoms with van der Waals surface area (Å²) >= 11 is 0. The van der Waals surface area contributed by atoms with E-state index in [2.05, 4.69) is 24.3 Å². The van der Waals surface area contributed by atoms with Gasteiger partial charge in [-0.15, -0.1) is 0 Å². The highest BCUT2D eigenvalue weighted by atomic mass is 16.5.